The van der Waals surface area contributed by atoms with Crippen molar-refractivity contribution in [2.75, 3.05) is 27.2 Å². The van der Waals surface area contributed by atoms with Gasteiger partial charge in [-0.05, 0) is 46.7 Å². The smallest absolute Gasteiger partial charge is 0.236 e. The summed E-state index contributed by atoms with van der Waals surface area (Å²) in [6.07, 6.45) is 2.11. The van der Waals surface area contributed by atoms with Crippen molar-refractivity contribution in [3.05, 3.63) is 72.1 Å². The molecule has 30 heavy (non-hydrogen) atoms. The Morgan fingerprint density at radius 1 is 1.10 bits per heavy atom. The van der Waals surface area contributed by atoms with Crippen LogP contribution in [0.1, 0.15) is 17.7 Å². The summed E-state index contributed by atoms with van der Waals surface area (Å²) in [5, 5.41) is 11.2. The molecule has 0 aliphatic rings. The number of nitrogens with zero attached hydrogens (tertiary/aromatic N) is 4. The molecule has 0 unspecified atom stereocenters. The van der Waals surface area contributed by atoms with E-state index in [1.54, 1.807) is 18.2 Å². The van der Waals surface area contributed by atoms with E-state index in [0.717, 1.165) is 27.8 Å². The topological polar surface area (TPSA) is 69.5 Å². The van der Waals surface area contributed by atoms with Crippen LogP contribution in [-0.2, 0) is 17.9 Å². The van der Waals surface area contributed by atoms with E-state index in [1.165, 1.54) is 0 Å². The van der Waals surface area contributed by atoms with Gasteiger partial charge >= 0.3 is 0 Å². The van der Waals surface area contributed by atoms with Crippen molar-refractivity contribution in [2.45, 2.75) is 19.5 Å². The number of ether oxygens (including phenoxy) is 1. The summed E-state index contributed by atoms with van der Waals surface area (Å²) in [5.41, 5.74) is 1.95. The van der Waals surface area contributed by atoms with Crippen LogP contribution >= 0.6 is 0 Å². The zero-order chi connectivity index (χ0) is 21.3. The number of fused-ring (bicyclic) bond motifs is 1. The van der Waals surface area contributed by atoms with Crippen LogP contribution in [0.15, 0.2) is 60.8 Å². The number of carbonyl (C=O) groups excluding carboxylic acids is 1. The summed E-state index contributed by atoms with van der Waals surface area (Å²) in [5.74, 6) is 0.839. The largest absolute Gasteiger partial charge is 0.497 e. The highest BCUT2D eigenvalue weighted by molar-refractivity contribution is 5.84. The van der Waals surface area contributed by atoms with Crippen LogP contribution < -0.4 is 4.74 Å². The maximum absolute atomic E-state index is 12.8. The van der Waals surface area contributed by atoms with Gasteiger partial charge in [0.2, 0.25) is 5.91 Å². The fourth-order valence-corrected chi connectivity index (χ4v) is 3.32. The first-order valence-electron chi connectivity index (χ1n) is 9.89. The number of aromatic nitrogens is 1. The summed E-state index contributed by atoms with van der Waals surface area (Å²) in [4.78, 5) is 20.8. The Morgan fingerprint density at radius 3 is 2.63 bits per heavy atom. The lowest BCUT2D eigenvalue weighted by atomic mass is 10.1. The van der Waals surface area contributed by atoms with Crippen molar-refractivity contribution >= 4 is 16.7 Å². The van der Waals surface area contributed by atoms with Gasteiger partial charge in [-0.3, -0.25) is 14.7 Å². The minimum absolute atomic E-state index is 0.0127. The normalized spacial score (nSPS) is 10.7. The third-order valence-corrected chi connectivity index (χ3v) is 4.97. The van der Waals surface area contributed by atoms with Gasteiger partial charge in [0.1, 0.15) is 5.75 Å². The van der Waals surface area contributed by atoms with E-state index in [9.17, 15) is 4.79 Å². The third kappa shape index (κ3) is 5.79. The number of benzene rings is 2. The number of amides is 1. The molecule has 0 bridgehead atoms. The molecule has 0 N–H and O–H groups in total. The standard InChI is InChI=1S/C24H26N4O2/c1-27(16-19-7-8-21-15-23(30-2)10-9-20(21)14-19)24(29)18-28(13-5-11-25)17-22-6-3-4-12-26-22/h3-4,6-10,12,14-15H,5,13,16-18H2,1-2H3. The summed E-state index contributed by atoms with van der Waals surface area (Å²) in [6, 6.07) is 20.0. The highest BCUT2D eigenvalue weighted by Gasteiger charge is 2.16. The fraction of sp³-hybridized carbons (Fsp3) is 0.292. The van der Waals surface area contributed by atoms with Gasteiger partial charge in [0.25, 0.3) is 0 Å². The van der Waals surface area contributed by atoms with Crippen LogP contribution in [0, 0.1) is 11.3 Å². The van der Waals surface area contributed by atoms with Gasteiger partial charge in [0.05, 0.1) is 25.4 Å². The molecule has 3 rings (SSSR count). The number of pyridine rings is 1. The molecule has 1 heterocycles. The Morgan fingerprint density at radius 2 is 1.90 bits per heavy atom. The van der Waals surface area contributed by atoms with E-state index in [4.69, 9.17) is 10.00 Å². The summed E-state index contributed by atoms with van der Waals surface area (Å²) < 4.78 is 5.27. The number of rotatable bonds is 9. The summed E-state index contributed by atoms with van der Waals surface area (Å²) in [6.45, 7) is 1.85. The molecule has 1 aromatic heterocycles. The second-order valence-electron chi connectivity index (χ2n) is 7.24. The molecule has 0 saturated carbocycles. The molecule has 6 heteroatoms. The number of nitriles is 1. The van der Waals surface area contributed by atoms with Gasteiger partial charge in [-0.1, -0.05) is 24.3 Å². The molecular weight excluding hydrogens is 376 g/mol. The van der Waals surface area contributed by atoms with Crippen molar-refractivity contribution in [2.24, 2.45) is 0 Å². The van der Waals surface area contributed by atoms with Crippen molar-refractivity contribution < 1.29 is 9.53 Å². The molecule has 0 aliphatic carbocycles. The number of likely N-dealkylation sites (N-methyl/N-ethyl adjacent to an activating group) is 1. The molecule has 0 spiro atoms. The van der Waals surface area contributed by atoms with E-state index in [-0.39, 0.29) is 12.5 Å². The lowest BCUT2D eigenvalue weighted by molar-refractivity contribution is -0.131. The second kappa shape index (κ2) is 10.4. The van der Waals surface area contributed by atoms with Gasteiger partial charge < -0.3 is 9.64 Å². The highest BCUT2D eigenvalue weighted by Crippen LogP contribution is 2.22. The van der Waals surface area contributed by atoms with E-state index in [0.29, 0.717) is 26.1 Å². The number of hydrogen-bond donors (Lipinski definition) is 0. The molecular formula is C24H26N4O2. The van der Waals surface area contributed by atoms with Gasteiger partial charge in [0.15, 0.2) is 0 Å². The van der Waals surface area contributed by atoms with Crippen molar-refractivity contribution in [1.29, 1.82) is 5.26 Å². The van der Waals surface area contributed by atoms with Crippen LogP contribution in [0.25, 0.3) is 10.8 Å². The lowest BCUT2D eigenvalue weighted by Gasteiger charge is -2.24. The Balaban J connectivity index is 1.64. The van der Waals surface area contributed by atoms with Gasteiger partial charge in [-0.15, -0.1) is 0 Å². The first-order valence-corrected chi connectivity index (χ1v) is 9.89. The fourth-order valence-electron chi connectivity index (χ4n) is 3.32. The maximum atomic E-state index is 12.8. The molecule has 0 saturated heterocycles. The van der Waals surface area contributed by atoms with Crippen LogP contribution in [0.2, 0.25) is 0 Å². The minimum atomic E-state index is 0.0127. The van der Waals surface area contributed by atoms with Crippen LogP contribution in [0.5, 0.6) is 5.75 Å². The molecule has 0 radical (unpaired) electrons. The molecule has 3 aromatic rings. The van der Waals surface area contributed by atoms with Gasteiger partial charge in [-0.25, -0.2) is 0 Å². The Kier molecular flexibility index (Phi) is 7.36. The Labute approximate surface area is 177 Å². The predicted octanol–water partition coefficient (Wildman–Crippen LogP) is 3.62. The first kappa shape index (κ1) is 21.3. The van der Waals surface area contributed by atoms with Gasteiger partial charge in [0, 0.05) is 39.3 Å². The molecule has 154 valence electrons. The van der Waals surface area contributed by atoms with Crippen LogP contribution in [0.4, 0.5) is 0 Å². The quantitative estimate of drug-likeness (QED) is 0.547. The molecule has 1 amide bonds. The van der Waals surface area contributed by atoms with Crippen molar-refractivity contribution in [3.63, 3.8) is 0 Å². The minimum Gasteiger partial charge on any atom is -0.497 e. The maximum Gasteiger partial charge on any atom is 0.236 e. The molecule has 0 fully saturated rings. The third-order valence-electron chi connectivity index (χ3n) is 4.97. The van der Waals surface area contributed by atoms with E-state index >= 15 is 0 Å². The summed E-state index contributed by atoms with van der Waals surface area (Å²) in [7, 11) is 3.47. The molecule has 2 aromatic carbocycles. The van der Waals surface area contributed by atoms with Gasteiger partial charge in [-0.2, -0.15) is 5.26 Å². The number of methoxy groups -OCH3 is 1. The van der Waals surface area contributed by atoms with Crippen LogP contribution in [-0.4, -0.2) is 47.9 Å². The number of hydrogen-bond acceptors (Lipinski definition) is 5. The lowest BCUT2D eigenvalue weighted by Crippen LogP contribution is -2.38. The van der Waals surface area contributed by atoms with E-state index in [2.05, 4.69) is 17.1 Å². The van der Waals surface area contributed by atoms with E-state index < -0.39 is 0 Å². The molecule has 6 nitrogen and oxygen atoms in total. The summed E-state index contributed by atoms with van der Waals surface area (Å²) >= 11 is 0. The number of carbonyl (C=O) groups is 1. The average Bonchev–Trinajstić information content (AvgIpc) is 2.77. The monoisotopic (exact) mass is 402 g/mol. The Bertz CT molecular complexity index is 1030. The Hall–Kier alpha value is -3.43. The predicted molar refractivity (Wildman–Crippen MR) is 117 cm³/mol. The highest BCUT2D eigenvalue weighted by atomic mass is 16.5. The first-order chi connectivity index (χ1) is 14.6. The molecule has 0 aliphatic heterocycles. The van der Waals surface area contributed by atoms with E-state index in [1.807, 2.05) is 60.5 Å². The average molecular weight is 402 g/mol. The molecule has 0 atom stereocenters. The zero-order valence-corrected chi connectivity index (χ0v) is 17.4. The second-order valence-corrected chi connectivity index (χ2v) is 7.24. The van der Waals surface area contributed by atoms with Crippen LogP contribution in [0.3, 0.4) is 0 Å². The van der Waals surface area contributed by atoms with Crippen molar-refractivity contribution in [3.8, 4) is 11.8 Å². The zero-order valence-electron chi connectivity index (χ0n) is 17.4. The van der Waals surface area contributed by atoms with Crippen molar-refractivity contribution in [1.82, 2.24) is 14.8 Å². The SMILES string of the molecule is COc1ccc2cc(CN(C)C(=O)CN(CCC#N)Cc3ccccn3)ccc2c1.